The van der Waals surface area contributed by atoms with Gasteiger partial charge in [0.15, 0.2) is 0 Å². The quantitative estimate of drug-likeness (QED) is 0.172. The standard InChI is InChI=1S/C40H23NO2/c41-34-21-33(31-12-6-11-30-25-8-2-4-14-36(25)43-40(30)31)27-18-16-22-15-17-23(26-19-20-32(34)38(27)37(22)26)28-9-5-10-29-24-7-1-3-13-35(24)42-39(28)29/h1-21H,41H2. The Balaban J connectivity index is 1.31. The van der Waals surface area contributed by atoms with Crippen molar-refractivity contribution in [1.29, 1.82) is 0 Å². The van der Waals surface area contributed by atoms with Gasteiger partial charge in [-0.05, 0) is 50.9 Å². The number of fused-ring (bicyclic) bond motifs is 6. The first-order valence-electron chi connectivity index (χ1n) is 14.6. The first-order chi connectivity index (χ1) is 21.2. The summed E-state index contributed by atoms with van der Waals surface area (Å²) in [6.07, 6.45) is 0. The molecule has 3 heteroatoms. The van der Waals surface area contributed by atoms with Gasteiger partial charge >= 0.3 is 0 Å². The molecule has 10 rings (SSSR count). The fourth-order valence-electron chi connectivity index (χ4n) is 7.30. The topological polar surface area (TPSA) is 52.3 Å². The second kappa shape index (κ2) is 8.15. The Morgan fingerprint density at radius 2 is 0.907 bits per heavy atom. The van der Waals surface area contributed by atoms with Crippen LogP contribution in [0.4, 0.5) is 5.69 Å². The van der Waals surface area contributed by atoms with Crippen LogP contribution < -0.4 is 5.73 Å². The first kappa shape index (κ1) is 22.8. The van der Waals surface area contributed by atoms with Gasteiger partial charge in [0.2, 0.25) is 0 Å². The number of furan rings is 2. The zero-order valence-electron chi connectivity index (χ0n) is 23.0. The van der Waals surface area contributed by atoms with Crippen molar-refractivity contribution in [2.45, 2.75) is 0 Å². The van der Waals surface area contributed by atoms with Crippen molar-refractivity contribution in [1.82, 2.24) is 0 Å². The minimum absolute atomic E-state index is 0.759. The minimum Gasteiger partial charge on any atom is -0.455 e. The lowest BCUT2D eigenvalue weighted by atomic mass is 9.86. The Labute approximate surface area is 245 Å². The van der Waals surface area contributed by atoms with Gasteiger partial charge in [0.25, 0.3) is 0 Å². The molecule has 2 N–H and O–H groups in total. The van der Waals surface area contributed by atoms with Crippen LogP contribution in [0.3, 0.4) is 0 Å². The van der Waals surface area contributed by atoms with Crippen molar-refractivity contribution in [2.24, 2.45) is 0 Å². The summed E-state index contributed by atoms with van der Waals surface area (Å²) in [6, 6.07) is 44.7. The molecule has 0 aliphatic heterocycles. The fraction of sp³-hybridized carbons (Fsp3) is 0. The molecular formula is C40H23NO2. The highest BCUT2D eigenvalue weighted by Crippen LogP contribution is 2.47. The predicted molar refractivity (Wildman–Crippen MR) is 180 cm³/mol. The molecule has 3 nitrogen and oxygen atoms in total. The van der Waals surface area contributed by atoms with Gasteiger partial charge in [-0.1, -0.05) is 109 Å². The largest absolute Gasteiger partial charge is 0.455 e. The lowest BCUT2D eigenvalue weighted by molar-refractivity contribution is 0.669. The molecule has 0 amide bonds. The third-order valence-electron chi connectivity index (χ3n) is 9.20. The maximum atomic E-state index is 6.84. The van der Waals surface area contributed by atoms with E-state index in [-0.39, 0.29) is 0 Å². The number of rotatable bonds is 2. The molecule has 0 aliphatic rings. The number of hydrogen-bond donors (Lipinski definition) is 1. The maximum absolute atomic E-state index is 6.84. The second-order valence-electron chi connectivity index (χ2n) is 11.4. The van der Waals surface area contributed by atoms with Crippen molar-refractivity contribution in [2.75, 3.05) is 5.73 Å². The van der Waals surface area contributed by atoms with E-state index in [9.17, 15) is 0 Å². The fourth-order valence-corrected chi connectivity index (χ4v) is 7.30. The summed E-state index contributed by atoms with van der Waals surface area (Å²) in [5, 5.41) is 11.5. The molecule has 43 heavy (non-hydrogen) atoms. The van der Waals surface area contributed by atoms with Crippen LogP contribution in [0.5, 0.6) is 0 Å². The van der Waals surface area contributed by atoms with Crippen molar-refractivity contribution in [3.63, 3.8) is 0 Å². The predicted octanol–water partition coefficient (Wildman–Crippen LogP) is 11.3. The third kappa shape index (κ3) is 2.98. The van der Waals surface area contributed by atoms with Gasteiger partial charge in [-0.2, -0.15) is 0 Å². The molecule has 2 heterocycles. The van der Waals surface area contributed by atoms with Gasteiger partial charge in [0.1, 0.15) is 22.3 Å². The summed E-state index contributed by atoms with van der Waals surface area (Å²) in [6.45, 7) is 0. The Morgan fingerprint density at radius 1 is 0.372 bits per heavy atom. The molecule has 0 bridgehead atoms. The minimum atomic E-state index is 0.759. The third-order valence-corrected chi connectivity index (χ3v) is 9.20. The molecule has 8 aromatic carbocycles. The molecule has 200 valence electrons. The monoisotopic (exact) mass is 549 g/mol. The molecule has 0 unspecified atom stereocenters. The van der Waals surface area contributed by atoms with Crippen molar-refractivity contribution in [3.05, 3.63) is 127 Å². The van der Waals surface area contributed by atoms with Gasteiger partial charge in [0, 0.05) is 49.1 Å². The Bertz CT molecular complexity index is 2740. The Kier molecular flexibility index (Phi) is 4.33. The van der Waals surface area contributed by atoms with Crippen LogP contribution in [0.1, 0.15) is 0 Å². The van der Waals surface area contributed by atoms with Gasteiger partial charge in [-0.25, -0.2) is 0 Å². The Morgan fingerprint density at radius 3 is 1.60 bits per heavy atom. The molecular weight excluding hydrogens is 526 g/mol. The van der Waals surface area contributed by atoms with Crippen LogP contribution in [-0.4, -0.2) is 0 Å². The van der Waals surface area contributed by atoms with Gasteiger partial charge in [-0.15, -0.1) is 0 Å². The van der Waals surface area contributed by atoms with Crippen LogP contribution in [0.15, 0.2) is 136 Å². The number of nitrogen functional groups attached to an aromatic ring is 1. The number of hydrogen-bond acceptors (Lipinski definition) is 3. The summed E-state index contributed by atoms with van der Waals surface area (Å²) >= 11 is 0. The van der Waals surface area contributed by atoms with Gasteiger partial charge in [0.05, 0.1) is 0 Å². The highest BCUT2D eigenvalue weighted by Gasteiger charge is 2.20. The normalized spacial score (nSPS) is 12.3. The molecule has 0 radical (unpaired) electrons. The molecule has 0 fully saturated rings. The maximum Gasteiger partial charge on any atom is 0.143 e. The smallest absolute Gasteiger partial charge is 0.143 e. The number of anilines is 1. The van der Waals surface area contributed by atoms with Crippen LogP contribution in [-0.2, 0) is 0 Å². The summed E-state index contributed by atoms with van der Waals surface area (Å²) < 4.78 is 12.9. The molecule has 0 spiro atoms. The van der Waals surface area contributed by atoms with E-state index in [1.807, 2.05) is 24.3 Å². The number of para-hydroxylation sites is 4. The zero-order valence-corrected chi connectivity index (χ0v) is 23.0. The molecule has 0 atom stereocenters. The Hall–Kier alpha value is -5.80. The molecule has 10 aromatic rings. The van der Waals surface area contributed by atoms with E-state index < -0.39 is 0 Å². The van der Waals surface area contributed by atoms with E-state index in [0.29, 0.717) is 0 Å². The van der Waals surface area contributed by atoms with Crippen molar-refractivity contribution < 1.29 is 8.83 Å². The summed E-state index contributed by atoms with van der Waals surface area (Å²) in [5.41, 5.74) is 15.6. The number of nitrogens with two attached hydrogens (primary N) is 1. The van der Waals surface area contributed by atoms with Crippen LogP contribution in [0, 0.1) is 0 Å². The van der Waals surface area contributed by atoms with E-state index in [1.165, 1.54) is 21.5 Å². The highest BCUT2D eigenvalue weighted by atomic mass is 16.3. The van der Waals surface area contributed by atoms with Crippen LogP contribution in [0.25, 0.3) is 98.4 Å². The highest BCUT2D eigenvalue weighted by molar-refractivity contribution is 6.30. The lowest BCUT2D eigenvalue weighted by Crippen LogP contribution is -1.94. The second-order valence-corrected chi connectivity index (χ2v) is 11.4. The lowest BCUT2D eigenvalue weighted by Gasteiger charge is -2.18. The molecule has 0 saturated heterocycles. The van der Waals surface area contributed by atoms with Crippen molar-refractivity contribution >= 4 is 81.9 Å². The molecule has 0 saturated carbocycles. The van der Waals surface area contributed by atoms with E-state index in [1.54, 1.807) is 0 Å². The SMILES string of the molecule is Nc1cc(-c2cccc3c2oc2ccccc23)c2ccc3ccc(-c4cccc5c4oc4ccccc45)c4ccc1c2c34. The molecule has 0 aliphatic carbocycles. The first-order valence-corrected chi connectivity index (χ1v) is 14.6. The van der Waals surface area contributed by atoms with E-state index in [0.717, 1.165) is 82.6 Å². The molecule has 2 aromatic heterocycles. The average molecular weight is 550 g/mol. The van der Waals surface area contributed by atoms with E-state index in [4.69, 9.17) is 14.6 Å². The summed E-state index contributed by atoms with van der Waals surface area (Å²) in [4.78, 5) is 0. The van der Waals surface area contributed by atoms with Crippen LogP contribution >= 0.6 is 0 Å². The number of benzene rings is 8. The van der Waals surface area contributed by atoms with E-state index >= 15 is 0 Å². The average Bonchev–Trinajstić information content (AvgIpc) is 3.63. The van der Waals surface area contributed by atoms with Crippen LogP contribution in [0.2, 0.25) is 0 Å². The van der Waals surface area contributed by atoms with E-state index in [2.05, 4.69) is 103 Å². The summed E-state index contributed by atoms with van der Waals surface area (Å²) in [7, 11) is 0. The zero-order chi connectivity index (χ0) is 28.2. The van der Waals surface area contributed by atoms with Gasteiger partial charge in [-0.3, -0.25) is 0 Å². The van der Waals surface area contributed by atoms with Gasteiger partial charge < -0.3 is 14.6 Å². The summed E-state index contributed by atoms with van der Waals surface area (Å²) in [5.74, 6) is 0. The van der Waals surface area contributed by atoms with Crippen molar-refractivity contribution in [3.8, 4) is 22.3 Å².